The van der Waals surface area contributed by atoms with Crippen molar-refractivity contribution in [3.63, 3.8) is 0 Å². The first-order chi connectivity index (χ1) is 14.2. The van der Waals surface area contributed by atoms with E-state index < -0.39 is 10.2 Å². The third-order valence-electron chi connectivity index (χ3n) is 4.23. The zero-order chi connectivity index (χ0) is 21.7. The molecule has 30 heavy (non-hydrogen) atoms. The van der Waals surface area contributed by atoms with E-state index in [4.69, 9.17) is 18.6 Å². The maximum absolute atomic E-state index is 11.2. The minimum atomic E-state index is -4.69. The Balaban J connectivity index is 0.000000461. The van der Waals surface area contributed by atoms with Crippen LogP contribution in [0.15, 0.2) is 66.0 Å². The van der Waals surface area contributed by atoms with Crippen LogP contribution in [0.5, 0.6) is 0 Å². The summed E-state index contributed by atoms with van der Waals surface area (Å²) in [6, 6.07) is 16.9. The average Bonchev–Trinajstić information content (AvgIpc) is 2.72. The van der Waals surface area contributed by atoms with Crippen LogP contribution in [0.3, 0.4) is 0 Å². The summed E-state index contributed by atoms with van der Waals surface area (Å²) in [5, 5.41) is 12.2. The maximum atomic E-state index is 11.2. The first-order valence-corrected chi connectivity index (χ1v) is 11.0. The molecule has 4 rings (SSSR count). The lowest BCUT2D eigenvalue weighted by molar-refractivity contribution is -1.92. The zero-order valence-corrected chi connectivity index (χ0v) is 17.1. The summed E-state index contributed by atoms with van der Waals surface area (Å²) < 4.78 is 34.9. The monoisotopic (exact) mass is 450 g/mol. The van der Waals surface area contributed by atoms with Crippen LogP contribution in [-0.2, 0) is 6.54 Å². The first-order valence-electron chi connectivity index (χ1n) is 8.73. The van der Waals surface area contributed by atoms with Crippen molar-refractivity contribution >= 4 is 17.4 Å². The third-order valence-corrected chi connectivity index (χ3v) is 5.31. The Labute approximate surface area is 178 Å². The molecule has 0 spiro atoms. The fraction of sp³-hybridized carbons (Fsp3) is 0.158. The summed E-state index contributed by atoms with van der Waals surface area (Å²) >= 11 is 1.73. The number of thioether (sulfide) groups is 1. The number of halogens is 1. The second-order valence-corrected chi connectivity index (χ2v) is 8.08. The van der Waals surface area contributed by atoms with Gasteiger partial charge in [0.25, 0.3) is 5.69 Å². The van der Waals surface area contributed by atoms with Gasteiger partial charge in [0, 0.05) is 23.4 Å². The zero-order valence-electron chi connectivity index (χ0n) is 15.5. The Kier molecular flexibility index (Phi) is 6.98. The van der Waals surface area contributed by atoms with Crippen molar-refractivity contribution in [3.05, 3.63) is 70.9 Å². The summed E-state index contributed by atoms with van der Waals surface area (Å²) in [6.45, 7) is 0.869. The van der Waals surface area contributed by atoms with Gasteiger partial charge in [0.05, 0.1) is 31.9 Å². The van der Waals surface area contributed by atoms with Gasteiger partial charge in [0.1, 0.15) is 5.69 Å². The normalized spacial score (nSPS) is 13.1. The van der Waals surface area contributed by atoms with E-state index in [0.717, 1.165) is 46.3 Å². The van der Waals surface area contributed by atoms with Gasteiger partial charge in [-0.1, -0.05) is 42.5 Å². The van der Waals surface area contributed by atoms with E-state index in [0.29, 0.717) is 0 Å². The molecule has 0 radical (unpaired) electrons. The van der Waals surface area contributed by atoms with Crippen LogP contribution in [0, 0.1) is 20.4 Å². The molecule has 0 aliphatic carbocycles. The number of non-ortho nitro benzene ring substituents is 1. The summed E-state index contributed by atoms with van der Waals surface area (Å²) in [6.07, 6.45) is 2.94. The molecule has 2 aromatic carbocycles. The molecule has 3 aromatic rings. The maximum Gasteiger partial charge on any atom is 0.359 e. The second-order valence-electron chi connectivity index (χ2n) is 6.23. The highest BCUT2D eigenvalue weighted by Gasteiger charge is 2.27. The molecular weight excluding hydrogens is 434 g/mol. The largest absolute Gasteiger partial charge is 0.359 e. The van der Waals surface area contributed by atoms with Crippen molar-refractivity contribution in [2.75, 3.05) is 5.75 Å². The number of nitrogens with zero attached hydrogens (tertiary/aromatic N) is 3. The van der Waals surface area contributed by atoms with Gasteiger partial charge >= 0.3 is 5.16 Å². The van der Waals surface area contributed by atoms with Crippen molar-refractivity contribution in [1.82, 2.24) is 4.98 Å². The molecule has 1 aromatic heterocycles. The molecule has 2 heterocycles. The van der Waals surface area contributed by atoms with E-state index >= 15 is 0 Å². The van der Waals surface area contributed by atoms with Crippen LogP contribution in [0.1, 0.15) is 6.42 Å². The SMILES string of the molecule is O=[N+]([O-])c1cccc(-c2c(-c3ccccc3)cnc3[n+]2CCCS3)c1.[O-][Cl+3]([O-])([O-])O. The van der Waals surface area contributed by atoms with Crippen LogP contribution in [0.4, 0.5) is 5.69 Å². The summed E-state index contributed by atoms with van der Waals surface area (Å²) in [5.41, 5.74) is 3.99. The molecule has 0 saturated heterocycles. The van der Waals surface area contributed by atoms with Crippen LogP contribution in [0.25, 0.3) is 22.4 Å². The Hall–Kier alpha value is -2.60. The molecule has 11 heteroatoms. The van der Waals surface area contributed by atoms with Gasteiger partial charge < -0.3 is 0 Å². The summed E-state index contributed by atoms with van der Waals surface area (Å²) in [7, 11) is -4.69. The third kappa shape index (κ3) is 5.72. The van der Waals surface area contributed by atoms with Crippen molar-refractivity contribution < 1.29 is 38.4 Å². The van der Waals surface area contributed by atoms with Gasteiger partial charge in [-0.05, 0) is 28.7 Å². The molecule has 0 unspecified atom stereocenters. The number of nitro benzene ring substituents is 1. The average molecular weight is 451 g/mol. The number of hydrogen-bond donors (Lipinski definition) is 1. The fourth-order valence-electron chi connectivity index (χ4n) is 3.11. The predicted octanol–water partition coefficient (Wildman–Crippen LogP) is -0.0169. The highest BCUT2D eigenvalue weighted by Crippen LogP contribution is 2.33. The number of benzene rings is 2. The molecule has 1 N–H and O–H groups in total. The van der Waals surface area contributed by atoms with Crippen molar-refractivity contribution in [2.24, 2.45) is 0 Å². The van der Waals surface area contributed by atoms with E-state index in [1.807, 2.05) is 42.6 Å². The minimum Gasteiger partial charge on any atom is -0.258 e. The Morgan fingerprint density at radius 3 is 2.40 bits per heavy atom. The van der Waals surface area contributed by atoms with E-state index in [9.17, 15) is 10.1 Å². The topological polar surface area (TPSA) is 149 Å². The molecule has 9 nitrogen and oxygen atoms in total. The molecule has 156 valence electrons. The van der Waals surface area contributed by atoms with Crippen LogP contribution in [0.2, 0.25) is 0 Å². The lowest BCUT2D eigenvalue weighted by Crippen LogP contribution is -2.58. The number of aromatic nitrogens is 2. The molecule has 1 aliphatic rings. The van der Waals surface area contributed by atoms with E-state index in [2.05, 4.69) is 9.55 Å². The first kappa shape index (κ1) is 22.1. The smallest absolute Gasteiger partial charge is 0.258 e. The number of nitro groups is 1. The van der Waals surface area contributed by atoms with E-state index in [1.165, 1.54) is 6.07 Å². The molecule has 0 amide bonds. The van der Waals surface area contributed by atoms with E-state index in [1.54, 1.807) is 23.9 Å². The van der Waals surface area contributed by atoms with Crippen LogP contribution >= 0.6 is 11.8 Å². The Bertz CT molecular complexity index is 1040. The molecule has 0 atom stereocenters. The van der Waals surface area contributed by atoms with Gasteiger partial charge in [-0.3, -0.25) is 10.1 Å². The van der Waals surface area contributed by atoms with Crippen LogP contribution in [-0.4, -0.2) is 20.3 Å². The molecule has 0 bridgehead atoms. The van der Waals surface area contributed by atoms with E-state index in [-0.39, 0.29) is 10.6 Å². The van der Waals surface area contributed by atoms with Crippen LogP contribution < -0.4 is 18.5 Å². The van der Waals surface area contributed by atoms with Crippen molar-refractivity contribution in [1.29, 1.82) is 0 Å². The summed E-state index contributed by atoms with van der Waals surface area (Å²) in [5.74, 6) is 1.05. The minimum absolute atomic E-state index is 0.103. The van der Waals surface area contributed by atoms with Gasteiger partial charge in [-0.25, -0.2) is 4.57 Å². The second kappa shape index (κ2) is 9.47. The molecular formula is C19H17ClN3O6S+. The van der Waals surface area contributed by atoms with Gasteiger partial charge in [-0.2, -0.15) is 14.0 Å². The van der Waals surface area contributed by atoms with Crippen molar-refractivity contribution in [2.45, 2.75) is 18.1 Å². The lowest BCUT2D eigenvalue weighted by Gasteiger charge is -2.16. The Morgan fingerprint density at radius 2 is 1.73 bits per heavy atom. The number of fused-ring (bicyclic) bond motifs is 1. The quantitative estimate of drug-likeness (QED) is 0.253. The van der Waals surface area contributed by atoms with Gasteiger partial charge in [-0.15, -0.1) is 0 Å². The predicted molar refractivity (Wildman–Crippen MR) is 99.5 cm³/mol. The number of hydrogen-bond acceptors (Lipinski definition) is 8. The Morgan fingerprint density at radius 1 is 1.07 bits per heavy atom. The van der Waals surface area contributed by atoms with Crippen molar-refractivity contribution in [3.8, 4) is 22.4 Å². The fourth-order valence-corrected chi connectivity index (χ4v) is 4.03. The molecule has 0 saturated carbocycles. The summed E-state index contributed by atoms with van der Waals surface area (Å²) in [4.78, 5) is 15.5. The standard InChI is InChI=1S/C19H16N3O2S.ClHO4/c23-22(24)16-9-4-8-15(12-16)18-17(14-6-2-1-3-7-14)13-20-19-21(18)10-5-11-25-19;2-1(3,4)5/h1-4,6-9,12-13H,5,10-11H2;(H,2,3,4,5)/q+1;. The highest BCUT2D eigenvalue weighted by atomic mass is 35.7. The molecule has 0 fully saturated rings. The van der Waals surface area contributed by atoms with Gasteiger partial charge in [0.15, 0.2) is 6.20 Å². The highest BCUT2D eigenvalue weighted by molar-refractivity contribution is 7.99. The molecule has 1 aliphatic heterocycles. The number of rotatable bonds is 3. The van der Waals surface area contributed by atoms with Gasteiger partial charge in [0.2, 0.25) is 0 Å². The lowest BCUT2D eigenvalue weighted by atomic mass is 10.00.